The van der Waals surface area contributed by atoms with E-state index >= 15 is 0 Å². The molecule has 78 valence electrons. The number of hydrogen-bond donors (Lipinski definition) is 1. The van der Waals surface area contributed by atoms with E-state index in [1.165, 1.54) is 6.33 Å². The van der Waals surface area contributed by atoms with Crippen molar-refractivity contribution in [1.82, 2.24) is 15.0 Å². The van der Waals surface area contributed by atoms with Crippen LogP contribution in [0.5, 0.6) is 0 Å². The summed E-state index contributed by atoms with van der Waals surface area (Å²) in [5, 5.41) is 2.34. The van der Waals surface area contributed by atoms with E-state index in [2.05, 4.69) is 29.2 Å². The van der Waals surface area contributed by atoms with Gasteiger partial charge in [-0.3, -0.25) is 0 Å². The van der Waals surface area contributed by atoms with E-state index in [-0.39, 0.29) is 0 Å². The molecule has 0 radical (unpaired) electrons. The molecule has 0 saturated carbocycles. The van der Waals surface area contributed by atoms with Crippen LogP contribution in [0.2, 0.25) is 5.15 Å². The van der Waals surface area contributed by atoms with Gasteiger partial charge in [0.1, 0.15) is 17.3 Å². The Balaban J connectivity index is 3.08. The third kappa shape index (κ3) is 2.56. The molecule has 0 fully saturated rings. The quantitative estimate of drug-likeness (QED) is 0.619. The third-order valence-electron chi connectivity index (χ3n) is 1.74. The van der Waals surface area contributed by atoms with E-state index in [1.807, 2.05) is 19.1 Å². The molecule has 0 aromatic carbocycles. The van der Waals surface area contributed by atoms with E-state index in [9.17, 15) is 0 Å². The first-order chi connectivity index (χ1) is 6.52. The Morgan fingerprint density at radius 2 is 2.00 bits per heavy atom. The van der Waals surface area contributed by atoms with Crippen molar-refractivity contribution in [2.24, 2.45) is 0 Å². The van der Waals surface area contributed by atoms with Crippen molar-refractivity contribution in [3.8, 4) is 0 Å². The van der Waals surface area contributed by atoms with Gasteiger partial charge in [0.15, 0.2) is 0 Å². The summed E-state index contributed by atoms with van der Waals surface area (Å²) in [5.41, 5.74) is 4.04. The molecule has 1 N–H and O–H groups in total. The van der Waals surface area contributed by atoms with Crippen LogP contribution < -0.4 is 5.43 Å². The second-order valence-electron chi connectivity index (χ2n) is 3.59. The van der Waals surface area contributed by atoms with Crippen molar-refractivity contribution in [2.75, 3.05) is 19.5 Å². The lowest BCUT2D eigenvalue weighted by atomic mass is 10.1. The van der Waals surface area contributed by atoms with Crippen LogP contribution in [0, 0.1) is 0 Å². The highest BCUT2D eigenvalue weighted by Crippen LogP contribution is 2.27. The highest BCUT2D eigenvalue weighted by molar-refractivity contribution is 6.30. The zero-order valence-corrected chi connectivity index (χ0v) is 9.63. The minimum atomic E-state index is 0.297. The number of hydrazine groups is 1. The van der Waals surface area contributed by atoms with Gasteiger partial charge in [0, 0.05) is 19.7 Å². The van der Waals surface area contributed by atoms with Gasteiger partial charge in [0.25, 0.3) is 0 Å². The van der Waals surface area contributed by atoms with Crippen molar-refractivity contribution < 1.29 is 0 Å². The van der Waals surface area contributed by atoms with Gasteiger partial charge in [-0.2, -0.15) is 0 Å². The molecule has 1 rings (SSSR count). The van der Waals surface area contributed by atoms with Crippen LogP contribution in [-0.4, -0.2) is 29.1 Å². The molecule has 0 spiro atoms. The standard InChI is InChI=1S/C9H15ClN4/c1-6(2)7-8(10)11-5-12-9(7)13-14(3)4/h5-6H,1-4H3,(H,11,12,13). The lowest BCUT2D eigenvalue weighted by Gasteiger charge is -2.17. The first-order valence-electron chi connectivity index (χ1n) is 4.46. The van der Waals surface area contributed by atoms with Gasteiger partial charge in [0.05, 0.1) is 0 Å². The highest BCUT2D eigenvalue weighted by atomic mass is 35.5. The summed E-state index contributed by atoms with van der Waals surface area (Å²) in [5.74, 6) is 1.07. The molecule has 0 bridgehead atoms. The molecule has 1 aromatic rings. The molecule has 0 aliphatic rings. The Morgan fingerprint density at radius 3 is 2.50 bits per heavy atom. The van der Waals surface area contributed by atoms with Crippen molar-refractivity contribution in [2.45, 2.75) is 19.8 Å². The average Bonchev–Trinajstić information content (AvgIpc) is 2.01. The fraction of sp³-hybridized carbons (Fsp3) is 0.556. The fourth-order valence-corrected chi connectivity index (χ4v) is 1.54. The molecule has 0 atom stereocenters. The van der Waals surface area contributed by atoms with Crippen LogP contribution >= 0.6 is 11.6 Å². The monoisotopic (exact) mass is 214 g/mol. The summed E-state index contributed by atoms with van der Waals surface area (Å²) in [7, 11) is 3.81. The van der Waals surface area contributed by atoms with Gasteiger partial charge in [-0.05, 0) is 5.92 Å². The van der Waals surface area contributed by atoms with Crippen LogP contribution in [-0.2, 0) is 0 Å². The van der Waals surface area contributed by atoms with Crippen LogP contribution in [0.3, 0.4) is 0 Å². The number of nitrogens with zero attached hydrogens (tertiary/aromatic N) is 3. The largest absolute Gasteiger partial charge is 0.303 e. The predicted molar refractivity (Wildman–Crippen MR) is 58.4 cm³/mol. The molecular weight excluding hydrogens is 200 g/mol. The number of rotatable bonds is 3. The number of nitrogens with one attached hydrogen (secondary N) is 1. The summed E-state index contributed by atoms with van der Waals surface area (Å²) in [6, 6.07) is 0. The molecule has 0 saturated heterocycles. The number of hydrogen-bond acceptors (Lipinski definition) is 4. The summed E-state index contributed by atoms with van der Waals surface area (Å²) in [6.07, 6.45) is 1.46. The van der Waals surface area contributed by atoms with Gasteiger partial charge in [-0.15, -0.1) is 0 Å². The molecule has 5 heteroatoms. The third-order valence-corrected chi connectivity index (χ3v) is 2.04. The van der Waals surface area contributed by atoms with E-state index < -0.39 is 0 Å². The van der Waals surface area contributed by atoms with Crippen molar-refractivity contribution >= 4 is 17.4 Å². The molecule has 0 aliphatic carbocycles. The zero-order chi connectivity index (χ0) is 10.7. The summed E-state index contributed by atoms with van der Waals surface area (Å²) >= 11 is 6.00. The van der Waals surface area contributed by atoms with Crippen molar-refractivity contribution in [1.29, 1.82) is 0 Å². The van der Waals surface area contributed by atoms with Crippen LogP contribution in [0.25, 0.3) is 0 Å². The maximum absolute atomic E-state index is 6.00. The Bertz CT molecular complexity index is 312. The highest BCUT2D eigenvalue weighted by Gasteiger charge is 2.13. The van der Waals surface area contributed by atoms with Gasteiger partial charge in [-0.25, -0.2) is 15.0 Å². The summed E-state index contributed by atoms with van der Waals surface area (Å²) in [4.78, 5) is 8.12. The van der Waals surface area contributed by atoms with E-state index in [4.69, 9.17) is 11.6 Å². The first kappa shape index (κ1) is 11.2. The maximum atomic E-state index is 6.00. The van der Waals surface area contributed by atoms with Crippen LogP contribution in [0.4, 0.5) is 5.82 Å². The van der Waals surface area contributed by atoms with Gasteiger partial charge >= 0.3 is 0 Å². The maximum Gasteiger partial charge on any atom is 0.148 e. The normalized spacial score (nSPS) is 11.1. The molecule has 14 heavy (non-hydrogen) atoms. The Hall–Kier alpha value is -0.870. The van der Waals surface area contributed by atoms with Gasteiger partial charge in [-0.1, -0.05) is 25.4 Å². The second kappa shape index (κ2) is 4.57. The predicted octanol–water partition coefficient (Wildman–Crippen LogP) is 2.14. The smallest absolute Gasteiger partial charge is 0.148 e. The number of aromatic nitrogens is 2. The molecule has 0 amide bonds. The second-order valence-corrected chi connectivity index (χ2v) is 3.95. The van der Waals surface area contributed by atoms with Crippen molar-refractivity contribution in [3.05, 3.63) is 17.0 Å². The lowest BCUT2D eigenvalue weighted by molar-refractivity contribution is 0.490. The van der Waals surface area contributed by atoms with Crippen LogP contribution in [0.15, 0.2) is 6.33 Å². The van der Waals surface area contributed by atoms with Gasteiger partial charge < -0.3 is 5.43 Å². The van der Waals surface area contributed by atoms with E-state index in [0.29, 0.717) is 11.1 Å². The van der Waals surface area contributed by atoms with Gasteiger partial charge in [0.2, 0.25) is 0 Å². The van der Waals surface area contributed by atoms with E-state index in [0.717, 1.165) is 11.4 Å². The number of anilines is 1. The Morgan fingerprint density at radius 1 is 1.36 bits per heavy atom. The SMILES string of the molecule is CC(C)c1c(Cl)ncnc1NN(C)C. The lowest BCUT2D eigenvalue weighted by Crippen LogP contribution is -2.22. The minimum Gasteiger partial charge on any atom is -0.303 e. The number of halogens is 1. The molecule has 0 aliphatic heterocycles. The molecule has 1 heterocycles. The minimum absolute atomic E-state index is 0.297. The zero-order valence-electron chi connectivity index (χ0n) is 8.87. The topological polar surface area (TPSA) is 41.1 Å². The molecule has 4 nitrogen and oxygen atoms in total. The summed E-state index contributed by atoms with van der Waals surface area (Å²) in [6.45, 7) is 4.12. The first-order valence-corrected chi connectivity index (χ1v) is 4.84. The Labute approximate surface area is 89.3 Å². The average molecular weight is 215 g/mol. The molecular formula is C9H15ClN4. The molecule has 0 unspecified atom stereocenters. The summed E-state index contributed by atoms with van der Waals surface area (Å²) < 4.78 is 0. The van der Waals surface area contributed by atoms with Crippen LogP contribution in [0.1, 0.15) is 25.3 Å². The fourth-order valence-electron chi connectivity index (χ4n) is 1.19. The van der Waals surface area contributed by atoms with Crippen molar-refractivity contribution in [3.63, 3.8) is 0 Å². The van der Waals surface area contributed by atoms with E-state index in [1.54, 1.807) is 0 Å². The Kier molecular flexibility index (Phi) is 3.66. The molecule has 1 aromatic heterocycles.